The Bertz CT molecular complexity index is 486. The number of aromatic nitrogens is 4. The normalized spacial score (nSPS) is 14.5. The molecule has 5 nitrogen and oxygen atoms in total. The van der Waals surface area contributed by atoms with Gasteiger partial charge in [-0.25, -0.2) is 4.98 Å². The van der Waals surface area contributed by atoms with Crippen molar-refractivity contribution < 1.29 is 0 Å². The second-order valence-electron chi connectivity index (χ2n) is 3.53. The van der Waals surface area contributed by atoms with Crippen molar-refractivity contribution in [1.82, 2.24) is 19.7 Å². The lowest BCUT2D eigenvalue weighted by molar-refractivity contribution is 0.746. The fraction of sp³-hybridized carbons (Fsp3) is 0.444. The zero-order chi connectivity index (χ0) is 10.3. The molecule has 1 aliphatic heterocycles. The van der Waals surface area contributed by atoms with Crippen LogP contribution in [0.1, 0.15) is 17.3 Å². The van der Waals surface area contributed by atoms with Crippen molar-refractivity contribution in [3.63, 3.8) is 0 Å². The van der Waals surface area contributed by atoms with Gasteiger partial charge in [0.05, 0.1) is 0 Å². The molecule has 0 bridgehead atoms. The van der Waals surface area contributed by atoms with Crippen LogP contribution in [0.15, 0.2) is 5.38 Å². The maximum Gasteiger partial charge on any atom is 0.183 e. The van der Waals surface area contributed by atoms with Crippen LogP contribution >= 0.6 is 11.3 Å². The highest BCUT2D eigenvalue weighted by atomic mass is 32.1. The van der Waals surface area contributed by atoms with Gasteiger partial charge in [0.2, 0.25) is 0 Å². The van der Waals surface area contributed by atoms with Gasteiger partial charge in [-0.05, 0) is 6.42 Å². The van der Waals surface area contributed by atoms with Gasteiger partial charge in [0.15, 0.2) is 5.82 Å². The molecule has 3 heterocycles. The van der Waals surface area contributed by atoms with Crippen LogP contribution in [-0.4, -0.2) is 19.7 Å². The first-order chi connectivity index (χ1) is 7.38. The maximum atomic E-state index is 5.53. The van der Waals surface area contributed by atoms with Gasteiger partial charge in [-0.3, -0.25) is 0 Å². The third-order valence-corrected chi connectivity index (χ3v) is 3.44. The van der Waals surface area contributed by atoms with Gasteiger partial charge < -0.3 is 10.3 Å². The van der Waals surface area contributed by atoms with Crippen LogP contribution in [0.3, 0.4) is 0 Å². The van der Waals surface area contributed by atoms with E-state index in [9.17, 15) is 0 Å². The summed E-state index contributed by atoms with van der Waals surface area (Å²) in [6.45, 7) is 1.50. The second kappa shape index (κ2) is 3.39. The SMILES string of the molecule is NCc1nc(-c2nnc3n2CCC3)cs1. The van der Waals surface area contributed by atoms with Crippen LogP contribution in [0.4, 0.5) is 0 Å². The summed E-state index contributed by atoms with van der Waals surface area (Å²) in [6.07, 6.45) is 2.19. The smallest absolute Gasteiger partial charge is 0.183 e. The molecule has 0 saturated heterocycles. The van der Waals surface area contributed by atoms with E-state index < -0.39 is 0 Å². The summed E-state index contributed by atoms with van der Waals surface area (Å²) in [5, 5.41) is 11.3. The number of nitrogens with zero attached hydrogens (tertiary/aromatic N) is 4. The molecule has 0 atom stereocenters. The van der Waals surface area contributed by atoms with Gasteiger partial charge in [0.1, 0.15) is 16.5 Å². The lowest BCUT2D eigenvalue weighted by atomic mass is 10.4. The molecule has 2 N–H and O–H groups in total. The number of fused-ring (bicyclic) bond motifs is 1. The summed E-state index contributed by atoms with van der Waals surface area (Å²) >= 11 is 1.58. The predicted molar refractivity (Wildman–Crippen MR) is 57.3 cm³/mol. The summed E-state index contributed by atoms with van der Waals surface area (Å²) < 4.78 is 2.15. The third-order valence-electron chi connectivity index (χ3n) is 2.56. The molecule has 0 aromatic carbocycles. The van der Waals surface area contributed by atoms with Crippen molar-refractivity contribution in [1.29, 1.82) is 0 Å². The van der Waals surface area contributed by atoms with Gasteiger partial charge in [0.25, 0.3) is 0 Å². The molecular weight excluding hydrogens is 210 g/mol. The fourth-order valence-electron chi connectivity index (χ4n) is 1.85. The Morgan fingerprint density at radius 1 is 1.47 bits per heavy atom. The molecule has 0 amide bonds. The number of aryl methyl sites for hydroxylation is 1. The monoisotopic (exact) mass is 221 g/mol. The van der Waals surface area contributed by atoms with Crippen LogP contribution in [0.25, 0.3) is 11.5 Å². The lowest BCUT2D eigenvalue weighted by Crippen LogP contribution is -1.98. The topological polar surface area (TPSA) is 69.6 Å². The predicted octanol–water partition coefficient (Wildman–Crippen LogP) is 0.806. The Morgan fingerprint density at radius 2 is 2.40 bits per heavy atom. The molecule has 0 saturated carbocycles. The fourth-order valence-corrected chi connectivity index (χ4v) is 2.50. The molecule has 0 aliphatic carbocycles. The summed E-state index contributed by atoms with van der Waals surface area (Å²) in [5.41, 5.74) is 6.44. The summed E-state index contributed by atoms with van der Waals surface area (Å²) in [5.74, 6) is 1.96. The average molecular weight is 221 g/mol. The molecule has 15 heavy (non-hydrogen) atoms. The zero-order valence-corrected chi connectivity index (χ0v) is 9.00. The largest absolute Gasteiger partial charge is 0.325 e. The van der Waals surface area contributed by atoms with E-state index in [1.807, 2.05) is 5.38 Å². The maximum absolute atomic E-state index is 5.53. The van der Waals surface area contributed by atoms with Crippen LogP contribution in [0, 0.1) is 0 Å². The first kappa shape index (κ1) is 8.99. The van der Waals surface area contributed by atoms with E-state index in [2.05, 4.69) is 19.7 Å². The first-order valence-corrected chi connectivity index (χ1v) is 5.83. The van der Waals surface area contributed by atoms with E-state index in [1.54, 1.807) is 11.3 Å². The minimum atomic E-state index is 0.492. The summed E-state index contributed by atoms with van der Waals surface area (Å²) in [6, 6.07) is 0. The summed E-state index contributed by atoms with van der Waals surface area (Å²) in [4.78, 5) is 4.42. The van der Waals surface area contributed by atoms with Crippen molar-refractivity contribution in [2.45, 2.75) is 25.9 Å². The van der Waals surface area contributed by atoms with E-state index >= 15 is 0 Å². The molecule has 2 aromatic heterocycles. The number of rotatable bonds is 2. The van der Waals surface area contributed by atoms with Crippen molar-refractivity contribution in [3.8, 4) is 11.5 Å². The van der Waals surface area contributed by atoms with E-state index in [0.717, 1.165) is 41.7 Å². The van der Waals surface area contributed by atoms with Gasteiger partial charge in [-0.2, -0.15) is 0 Å². The second-order valence-corrected chi connectivity index (χ2v) is 4.47. The van der Waals surface area contributed by atoms with Crippen molar-refractivity contribution >= 4 is 11.3 Å². The Morgan fingerprint density at radius 3 is 3.20 bits per heavy atom. The Hall–Kier alpha value is -1.27. The highest BCUT2D eigenvalue weighted by Gasteiger charge is 2.19. The Kier molecular flexibility index (Phi) is 2.03. The van der Waals surface area contributed by atoms with E-state index in [4.69, 9.17) is 5.73 Å². The quantitative estimate of drug-likeness (QED) is 0.814. The molecule has 0 radical (unpaired) electrons. The standard InChI is InChI=1S/C9H11N5S/c10-4-8-11-6(5-15-8)9-13-12-7-2-1-3-14(7)9/h5H,1-4,10H2. The molecule has 1 aliphatic rings. The molecule has 0 fully saturated rings. The van der Waals surface area contributed by atoms with E-state index in [0.29, 0.717) is 6.54 Å². The van der Waals surface area contributed by atoms with Gasteiger partial charge in [-0.15, -0.1) is 21.5 Å². The van der Waals surface area contributed by atoms with Gasteiger partial charge in [0, 0.05) is 24.9 Å². The van der Waals surface area contributed by atoms with Crippen molar-refractivity contribution in [2.24, 2.45) is 5.73 Å². The highest BCUT2D eigenvalue weighted by molar-refractivity contribution is 7.09. The molecule has 0 spiro atoms. The van der Waals surface area contributed by atoms with Crippen LogP contribution in [0.5, 0.6) is 0 Å². The molecule has 2 aromatic rings. The minimum absolute atomic E-state index is 0.492. The van der Waals surface area contributed by atoms with Crippen LogP contribution in [0.2, 0.25) is 0 Å². The zero-order valence-electron chi connectivity index (χ0n) is 8.18. The first-order valence-electron chi connectivity index (χ1n) is 4.95. The molecule has 6 heteroatoms. The summed E-state index contributed by atoms with van der Waals surface area (Å²) in [7, 11) is 0. The minimum Gasteiger partial charge on any atom is -0.325 e. The van der Waals surface area contributed by atoms with Crippen LogP contribution < -0.4 is 5.73 Å². The highest BCUT2D eigenvalue weighted by Crippen LogP contribution is 2.24. The molecule has 78 valence electrons. The number of thiazole rings is 1. The van der Waals surface area contributed by atoms with Crippen molar-refractivity contribution in [2.75, 3.05) is 0 Å². The van der Waals surface area contributed by atoms with Crippen molar-refractivity contribution in [3.05, 3.63) is 16.2 Å². The average Bonchev–Trinajstić information content (AvgIpc) is 2.92. The molecule has 3 rings (SSSR count). The number of nitrogens with two attached hydrogens (primary N) is 1. The van der Waals surface area contributed by atoms with E-state index in [-0.39, 0.29) is 0 Å². The van der Waals surface area contributed by atoms with E-state index in [1.165, 1.54) is 0 Å². The Balaban J connectivity index is 2.05. The number of hydrogen-bond donors (Lipinski definition) is 1. The molecular formula is C9H11N5S. The van der Waals surface area contributed by atoms with Crippen LogP contribution in [-0.2, 0) is 19.5 Å². The van der Waals surface area contributed by atoms with Gasteiger partial charge in [-0.1, -0.05) is 0 Å². The Labute approximate surface area is 91.0 Å². The third kappa shape index (κ3) is 1.37. The molecule has 0 unspecified atom stereocenters. The lowest BCUT2D eigenvalue weighted by Gasteiger charge is -1.98. The van der Waals surface area contributed by atoms with Gasteiger partial charge >= 0.3 is 0 Å². The number of hydrogen-bond acceptors (Lipinski definition) is 5.